The number of nitrogens with zero attached hydrogens (tertiary/aromatic N) is 1. The van der Waals surface area contributed by atoms with Crippen molar-refractivity contribution < 1.29 is 9.53 Å². The average molecular weight is 263 g/mol. The van der Waals surface area contributed by atoms with E-state index in [-0.39, 0.29) is 6.10 Å². The van der Waals surface area contributed by atoms with E-state index < -0.39 is 6.09 Å². The van der Waals surface area contributed by atoms with Crippen LogP contribution in [0.15, 0.2) is 12.5 Å². The van der Waals surface area contributed by atoms with Crippen LogP contribution in [-0.4, -0.2) is 22.2 Å². The van der Waals surface area contributed by atoms with E-state index in [0.717, 1.165) is 25.0 Å². The highest BCUT2D eigenvalue weighted by molar-refractivity contribution is 5.65. The van der Waals surface area contributed by atoms with E-state index in [2.05, 4.69) is 9.97 Å². The summed E-state index contributed by atoms with van der Waals surface area (Å²) < 4.78 is 5.45. The van der Waals surface area contributed by atoms with Crippen molar-refractivity contribution in [1.29, 1.82) is 0 Å². The summed E-state index contributed by atoms with van der Waals surface area (Å²) in [4.78, 5) is 18.4. The molecule has 2 saturated carbocycles. The lowest BCUT2D eigenvalue weighted by atomic mass is 9.83. The predicted octanol–water partition coefficient (Wildman–Crippen LogP) is 2.56. The number of ether oxygens (including phenoxy) is 1. The number of aromatic amines is 1. The minimum Gasteiger partial charge on any atom is -0.446 e. The Hall–Kier alpha value is -1.52. The summed E-state index contributed by atoms with van der Waals surface area (Å²) in [5.41, 5.74) is 6.40. The topological polar surface area (TPSA) is 81.0 Å². The first-order chi connectivity index (χ1) is 9.25. The van der Waals surface area contributed by atoms with Crippen molar-refractivity contribution in [2.24, 2.45) is 17.6 Å². The SMILES string of the molecule is NC(=O)OC(C1CCCCC1)[C@@H]1C[C@H]1c1cnc[nH]1. The molecule has 0 saturated heterocycles. The molecule has 0 aliphatic heterocycles. The molecule has 2 aliphatic rings. The normalized spacial score (nSPS) is 28.8. The average Bonchev–Trinajstić information content (AvgIpc) is 3.01. The van der Waals surface area contributed by atoms with Crippen molar-refractivity contribution in [2.75, 3.05) is 0 Å². The molecule has 1 aromatic rings. The van der Waals surface area contributed by atoms with Crippen LogP contribution < -0.4 is 5.73 Å². The van der Waals surface area contributed by atoms with E-state index in [1.54, 1.807) is 6.33 Å². The Balaban J connectivity index is 1.68. The Bertz CT molecular complexity index is 426. The third-order valence-electron chi connectivity index (χ3n) is 4.55. The van der Waals surface area contributed by atoms with Gasteiger partial charge in [-0.2, -0.15) is 0 Å². The third kappa shape index (κ3) is 2.74. The quantitative estimate of drug-likeness (QED) is 0.876. The van der Waals surface area contributed by atoms with Gasteiger partial charge in [0, 0.05) is 23.7 Å². The molecule has 2 aliphatic carbocycles. The number of rotatable bonds is 4. The maximum atomic E-state index is 11.2. The van der Waals surface area contributed by atoms with Crippen LogP contribution in [0.1, 0.15) is 50.1 Å². The molecular weight excluding hydrogens is 242 g/mol. The zero-order valence-corrected chi connectivity index (χ0v) is 11.0. The monoisotopic (exact) mass is 263 g/mol. The van der Waals surface area contributed by atoms with Crippen LogP contribution in [0, 0.1) is 11.8 Å². The first-order valence-corrected chi connectivity index (χ1v) is 7.20. The maximum absolute atomic E-state index is 11.2. The number of nitrogens with two attached hydrogens (primary N) is 1. The van der Waals surface area contributed by atoms with Gasteiger partial charge in [-0.05, 0) is 25.2 Å². The summed E-state index contributed by atoms with van der Waals surface area (Å²) >= 11 is 0. The van der Waals surface area contributed by atoms with E-state index in [1.807, 2.05) is 6.20 Å². The molecule has 19 heavy (non-hydrogen) atoms. The number of hydrogen-bond acceptors (Lipinski definition) is 3. The van der Waals surface area contributed by atoms with Crippen LogP contribution >= 0.6 is 0 Å². The van der Waals surface area contributed by atoms with Gasteiger partial charge in [-0.15, -0.1) is 0 Å². The Kier molecular flexibility index (Phi) is 3.44. The molecular formula is C14H21N3O2. The second kappa shape index (κ2) is 5.23. The molecule has 3 rings (SSSR count). The number of aromatic nitrogens is 2. The molecule has 0 spiro atoms. The van der Waals surface area contributed by atoms with E-state index >= 15 is 0 Å². The smallest absolute Gasteiger partial charge is 0.404 e. The Morgan fingerprint density at radius 1 is 1.42 bits per heavy atom. The van der Waals surface area contributed by atoms with Crippen molar-refractivity contribution in [3.63, 3.8) is 0 Å². The zero-order valence-electron chi connectivity index (χ0n) is 11.0. The predicted molar refractivity (Wildman–Crippen MR) is 70.5 cm³/mol. The lowest BCUT2D eigenvalue weighted by Gasteiger charge is -2.29. The molecule has 104 valence electrons. The maximum Gasteiger partial charge on any atom is 0.404 e. The van der Waals surface area contributed by atoms with Crippen LogP contribution in [-0.2, 0) is 4.74 Å². The molecule has 1 aromatic heterocycles. The Labute approximate surface area is 112 Å². The second-order valence-electron chi connectivity index (χ2n) is 5.81. The summed E-state index contributed by atoms with van der Waals surface area (Å²) in [5, 5.41) is 0. The van der Waals surface area contributed by atoms with Gasteiger partial charge >= 0.3 is 6.09 Å². The van der Waals surface area contributed by atoms with Gasteiger partial charge in [0.2, 0.25) is 0 Å². The van der Waals surface area contributed by atoms with Crippen LogP contribution in [0.25, 0.3) is 0 Å². The number of primary amides is 1. The number of hydrogen-bond donors (Lipinski definition) is 2. The Morgan fingerprint density at radius 3 is 2.84 bits per heavy atom. The van der Waals surface area contributed by atoms with E-state index in [4.69, 9.17) is 10.5 Å². The lowest BCUT2D eigenvalue weighted by molar-refractivity contribution is 0.0385. The molecule has 3 N–H and O–H groups in total. The standard InChI is InChI=1S/C14H21N3O2/c15-14(18)19-13(9-4-2-1-3-5-9)11-6-10(11)12-7-16-8-17-12/h7-11,13H,1-6H2,(H2,15,18)(H,16,17)/t10-,11-,13?/m1/s1. The van der Waals surface area contributed by atoms with E-state index in [0.29, 0.717) is 17.8 Å². The van der Waals surface area contributed by atoms with Crippen molar-refractivity contribution in [1.82, 2.24) is 9.97 Å². The molecule has 3 atom stereocenters. The van der Waals surface area contributed by atoms with Gasteiger partial charge in [-0.25, -0.2) is 9.78 Å². The highest BCUT2D eigenvalue weighted by atomic mass is 16.6. The van der Waals surface area contributed by atoms with Crippen molar-refractivity contribution in [3.8, 4) is 0 Å². The minimum absolute atomic E-state index is 0.00824. The fourth-order valence-electron chi connectivity index (χ4n) is 3.53. The molecule has 0 bridgehead atoms. The summed E-state index contributed by atoms with van der Waals surface area (Å²) in [6.07, 6.45) is 10.1. The third-order valence-corrected chi connectivity index (χ3v) is 4.55. The first kappa shape index (κ1) is 12.5. The summed E-state index contributed by atoms with van der Waals surface area (Å²) in [6, 6.07) is 0. The van der Waals surface area contributed by atoms with Gasteiger partial charge in [0.1, 0.15) is 6.10 Å². The van der Waals surface area contributed by atoms with Crippen LogP contribution in [0.4, 0.5) is 4.79 Å². The second-order valence-corrected chi connectivity index (χ2v) is 5.81. The first-order valence-electron chi connectivity index (χ1n) is 7.20. The highest BCUT2D eigenvalue weighted by Gasteiger charge is 2.49. The number of H-pyrrole nitrogens is 1. The van der Waals surface area contributed by atoms with Gasteiger partial charge in [-0.1, -0.05) is 19.3 Å². The van der Waals surface area contributed by atoms with Crippen LogP contribution in [0.5, 0.6) is 0 Å². The van der Waals surface area contributed by atoms with Crippen molar-refractivity contribution in [3.05, 3.63) is 18.2 Å². The number of carbonyl (C=O) groups is 1. The van der Waals surface area contributed by atoms with Crippen LogP contribution in [0.3, 0.4) is 0 Å². The summed E-state index contributed by atoms with van der Waals surface area (Å²) in [6.45, 7) is 0. The number of carbonyl (C=O) groups excluding carboxylic acids is 1. The van der Waals surface area contributed by atoms with Crippen LogP contribution in [0.2, 0.25) is 0 Å². The largest absolute Gasteiger partial charge is 0.446 e. The number of amides is 1. The molecule has 1 unspecified atom stereocenters. The fraction of sp³-hybridized carbons (Fsp3) is 0.714. The fourth-order valence-corrected chi connectivity index (χ4v) is 3.53. The molecule has 0 radical (unpaired) electrons. The lowest BCUT2D eigenvalue weighted by Crippen LogP contribution is -2.33. The van der Waals surface area contributed by atoms with Gasteiger partial charge in [0.15, 0.2) is 0 Å². The van der Waals surface area contributed by atoms with Gasteiger partial charge in [0.05, 0.1) is 6.33 Å². The minimum atomic E-state index is -0.633. The molecule has 1 amide bonds. The van der Waals surface area contributed by atoms with Crippen molar-refractivity contribution >= 4 is 6.09 Å². The van der Waals surface area contributed by atoms with Crippen molar-refractivity contribution in [2.45, 2.75) is 50.5 Å². The summed E-state index contributed by atoms with van der Waals surface area (Å²) in [7, 11) is 0. The summed E-state index contributed by atoms with van der Waals surface area (Å²) in [5.74, 6) is 1.35. The Morgan fingerprint density at radius 2 is 2.21 bits per heavy atom. The van der Waals surface area contributed by atoms with E-state index in [9.17, 15) is 4.79 Å². The highest BCUT2D eigenvalue weighted by Crippen LogP contribution is 2.52. The molecule has 1 heterocycles. The molecule has 5 nitrogen and oxygen atoms in total. The van der Waals surface area contributed by atoms with Gasteiger partial charge in [-0.3, -0.25) is 0 Å². The molecule has 2 fully saturated rings. The number of imidazole rings is 1. The zero-order chi connectivity index (χ0) is 13.2. The molecule has 5 heteroatoms. The van der Waals surface area contributed by atoms with Gasteiger partial charge < -0.3 is 15.5 Å². The molecule has 0 aromatic carbocycles. The van der Waals surface area contributed by atoms with Gasteiger partial charge in [0.25, 0.3) is 0 Å². The number of nitrogens with one attached hydrogen (secondary N) is 1. The van der Waals surface area contributed by atoms with E-state index in [1.165, 1.54) is 19.3 Å².